The SMILES string of the molecule is CCCC(=O)N1CCCC1C(=O)NC1CNCCC1C.Cl. The van der Waals surface area contributed by atoms with Crippen LogP contribution in [-0.2, 0) is 9.59 Å². The van der Waals surface area contributed by atoms with Gasteiger partial charge in [0.1, 0.15) is 6.04 Å². The number of carbonyl (C=O) groups excluding carboxylic acids is 2. The number of carbonyl (C=O) groups is 2. The smallest absolute Gasteiger partial charge is 0.243 e. The first-order valence-corrected chi connectivity index (χ1v) is 7.94. The van der Waals surface area contributed by atoms with Crippen molar-refractivity contribution in [1.29, 1.82) is 0 Å². The number of nitrogens with zero attached hydrogens (tertiary/aromatic N) is 1. The quantitative estimate of drug-likeness (QED) is 0.822. The van der Waals surface area contributed by atoms with Gasteiger partial charge in [0.05, 0.1) is 0 Å². The van der Waals surface area contributed by atoms with E-state index in [-0.39, 0.29) is 36.3 Å². The van der Waals surface area contributed by atoms with Crippen LogP contribution in [0.25, 0.3) is 0 Å². The van der Waals surface area contributed by atoms with E-state index in [9.17, 15) is 9.59 Å². The molecule has 2 rings (SSSR count). The average Bonchev–Trinajstić information content (AvgIpc) is 2.91. The maximum absolute atomic E-state index is 12.4. The van der Waals surface area contributed by atoms with Crippen LogP contribution in [0.1, 0.15) is 46.0 Å². The largest absolute Gasteiger partial charge is 0.350 e. The van der Waals surface area contributed by atoms with Crippen LogP contribution in [0.5, 0.6) is 0 Å². The number of hydrogen-bond donors (Lipinski definition) is 2. The van der Waals surface area contributed by atoms with Crippen LogP contribution in [0.4, 0.5) is 0 Å². The standard InChI is InChI=1S/C15H27N3O2.ClH/c1-3-5-14(19)18-9-4-6-13(18)15(20)17-12-10-16-8-7-11(12)2;/h11-13,16H,3-10H2,1-2H3,(H,17,20);1H. The van der Waals surface area contributed by atoms with Gasteiger partial charge in [-0.15, -0.1) is 12.4 Å². The van der Waals surface area contributed by atoms with Gasteiger partial charge in [0.25, 0.3) is 0 Å². The first-order chi connectivity index (χ1) is 9.63. The first-order valence-electron chi connectivity index (χ1n) is 7.94. The van der Waals surface area contributed by atoms with E-state index in [0.717, 1.165) is 45.3 Å². The Morgan fingerprint density at radius 2 is 2.10 bits per heavy atom. The van der Waals surface area contributed by atoms with E-state index in [1.165, 1.54) is 0 Å². The average molecular weight is 318 g/mol. The highest BCUT2D eigenvalue weighted by Gasteiger charge is 2.35. The van der Waals surface area contributed by atoms with E-state index in [4.69, 9.17) is 0 Å². The highest BCUT2D eigenvalue weighted by molar-refractivity contribution is 5.88. The second-order valence-corrected chi connectivity index (χ2v) is 6.08. The Hall–Kier alpha value is -0.810. The summed E-state index contributed by atoms with van der Waals surface area (Å²) in [5, 5.41) is 6.46. The molecule has 0 aromatic heterocycles. The Balaban J connectivity index is 0.00000220. The van der Waals surface area contributed by atoms with Gasteiger partial charge in [-0.25, -0.2) is 0 Å². The number of hydrogen-bond acceptors (Lipinski definition) is 3. The highest BCUT2D eigenvalue weighted by Crippen LogP contribution is 2.20. The zero-order valence-electron chi connectivity index (χ0n) is 13.1. The van der Waals surface area contributed by atoms with Crippen molar-refractivity contribution >= 4 is 24.2 Å². The van der Waals surface area contributed by atoms with Gasteiger partial charge >= 0.3 is 0 Å². The fraction of sp³-hybridized carbons (Fsp3) is 0.867. The number of rotatable bonds is 4. The first kappa shape index (κ1) is 18.2. The van der Waals surface area contributed by atoms with Crippen molar-refractivity contribution in [2.45, 2.75) is 58.0 Å². The molecule has 2 N–H and O–H groups in total. The van der Waals surface area contributed by atoms with Crippen molar-refractivity contribution in [3.63, 3.8) is 0 Å². The lowest BCUT2D eigenvalue weighted by Gasteiger charge is -2.32. The molecule has 6 heteroatoms. The summed E-state index contributed by atoms with van der Waals surface area (Å²) in [7, 11) is 0. The summed E-state index contributed by atoms with van der Waals surface area (Å²) in [6.45, 7) is 6.77. The summed E-state index contributed by atoms with van der Waals surface area (Å²) in [4.78, 5) is 26.3. The fourth-order valence-corrected chi connectivity index (χ4v) is 3.16. The van der Waals surface area contributed by atoms with Crippen LogP contribution in [0.15, 0.2) is 0 Å². The third-order valence-corrected chi connectivity index (χ3v) is 4.49. The molecule has 0 bridgehead atoms. The van der Waals surface area contributed by atoms with Crippen molar-refractivity contribution in [3.8, 4) is 0 Å². The van der Waals surface area contributed by atoms with Crippen LogP contribution in [0.3, 0.4) is 0 Å². The van der Waals surface area contributed by atoms with Crippen LogP contribution in [-0.4, -0.2) is 48.4 Å². The molecule has 0 aromatic carbocycles. The maximum atomic E-state index is 12.4. The lowest BCUT2D eigenvalue weighted by molar-refractivity contribution is -0.138. The predicted octanol–water partition coefficient (Wildman–Crippen LogP) is 1.31. The molecule has 21 heavy (non-hydrogen) atoms. The summed E-state index contributed by atoms with van der Waals surface area (Å²) in [6, 6.07) is -0.0526. The molecule has 3 atom stereocenters. The lowest BCUT2D eigenvalue weighted by Crippen LogP contribution is -2.55. The fourth-order valence-electron chi connectivity index (χ4n) is 3.16. The molecule has 122 valence electrons. The van der Waals surface area contributed by atoms with Crippen LogP contribution >= 0.6 is 12.4 Å². The van der Waals surface area contributed by atoms with Gasteiger partial charge in [-0.2, -0.15) is 0 Å². The van der Waals surface area contributed by atoms with Gasteiger partial charge in [-0.1, -0.05) is 13.8 Å². The summed E-state index contributed by atoms with van der Waals surface area (Å²) >= 11 is 0. The topological polar surface area (TPSA) is 61.4 Å². The molecule has 2 fully saturated rings. The molecule has 3 unspecified atom stereocenters. The summed E-state index contributed by atoms with van der Waals surface area (Å²) in [5.74, 6) is 0.661. The Labute approximate surface area is 133 Å². The molecule has 0 aromatic rings. The van der Waals surface area contributed by atoms with Crippen molar-refractivity contribution in [2.24, 2.45) is 5.92 Å². The van der Waals surface area contributed by atoms with E-state index in [2.05, 4.69) is 17.6 Å². The molecule has 0 spiro atoms. The third kappa shape index (κ3) is 4.58. The minimum atomic E-state index is -0.247. The zero-order valence-corrected chi connectivity index (χ0v) is 13.9. The molecule has 2 heterocycles. The molecule has 2 amide bonds. The zero-order chi connectivity index (χ0) is 14.5. The lowest BCUT2D eigenvalue weighted by atomic mass is 9.94. The van der Waals surface area contributed by atoms with Gasteiger partial charge in [0.2, 0.25) is 11.8 Å². The molecule has 2 aliphatic rings. The molecule has 0 saturated carbocycles. The van der Waals surface area contributed by atoms with Crippen LogP contribution in [0, 0.1) is 5.92 Å². The van der Waals surface area contributed by atoms with E-state index in [1.54, 1.807) is 4.90 Å². The predicted molar refractivity (Wildman–Crippen MR) is 85.5 cm³/mol. The third-order valence-electron chi connectivity index (χ3n) is 4.49. The number of nitrogens with one attached hydrogen (secondary N) is 2. The molecule has 5 nitrogen and oxygen atoms in total. The second kappa shape index (κ2) is 8.59. The Kier molecular flexibility index (Phi) is 7.46. The van der Waals surface area contributed by atoms with Crippen molar-refractivity contribution in [1.82, 2.24) is 15.5 Å². The number of piperidine rings is 1. The monoisotopic (exact) mass is 317 g/mol. The number of amides is 2. The van der Waals surface area contributed by atoms with Gasteiger partial charge < -0.3 is 15.5 Å². The summed E-state index contributed by atoms with van der Waals surface area (Å²) in [6.07, 6.45) is 4.22. The molecule has 0 aliphatic carbocycles. The Morgan fingerprint density at radius 1 is 1.33 bits per heavy atom. The van der Waals surface area contributed by atoms with E-state index in [1.807, 2.05) is 6.92 Å². The van der Waals surface area contributed by atoms with Crippen LogP contribution in [0.2, 0.25) is 0 Å². The van der Waals surface area contributed by atoms with Crippen LogP contribution < -0.4 is 10.6 Å². The normalized spacial score (nSPS) is 28.9. The van der Waals surface area contributed by atoms with Crippen molar-refractivity contribution in [2.75, 3.05) is 19.6 Å². The van der Waals surface area contributed by atoms with E-state index in [0.29, 0.717) is 12.3 Å². The number of halogens is 1. The molecule has 2 aliphatic heterocycles. The molecular formula is C15H28ClN3O2. The van der Waals surface area contributed by atoms with E-state index >= 15 is 0 Å². The second-order valence-electron chi connectivity index (χ2n) is 6.08. The highest BCUT2D eigenvalue weighted by atomic mass is 35.5. The molecule has 2 saturated heterocycles. The Morgan fingerprint density at radius 3 is 2.76 bits per heavy atom. The number of likely N-dealkylation sites (tertiary alicyclic amines) is 1. The minimum absolute atomic E-state index is 0. The van der Waals surface area contributed by atoms with E-state index < -0.39 is 0 Å². The minimum Gasteiger partial charge on any atom is -0.350 e. The molecule has 0 radical (unpaired) electrons. The van der Waals surface area contributed by atoms with Gasteiger partial charge in [-0.3, -0.25) is 9.59 Å². The summed E-state index contributed by atoms with van der Waals surface area (Å²) < 4.78 is 0. The maximum Gasteiger partial charge on any atom is 0.243 e. The van der Waals surface area contributed by atoms with Crippen molar-refractivity contribution < 1.29 is 9.59 Å². The van der Waals surface area contributed by atoms with Gasteiger partial charge in [-0.05, 0) is 38.1 Å². The van der Waals surface area contributed by atoms with Gasteiger partial charge in [0.15, 0.2) is 0 Å². The van der Waals surface area contributed by atoms with Crippen molar-refractivity contribution in [3.05, 3.63) is 0 Å². The summed E-state index contributed by atoms with van der Waals surface area (Å²) in [5.41, 5.74) is 0. The Bertz CT molecular complexity index is 365. The van der Waals surface area contributed by atoms with Gasteiger partial charge in [0, 0.05) is 25.6 Å². The molecular weight excluding hydrogens is 290 g/mol.